The normalized spacial score (nSPS) is 11.6. The van der Waals surface area contributed by atoms with Gasteiger partial charge in [-0.1, -0.05) is 12.1 Å². The van der Waals surface area contributed by atoms with E-state index >= 15 is 0 Å². The summed E-state index contributed by atoms with van der Waals surface area (Å²) in [6, 6.07) is 8.49. The molecular weight excluding hydrogens is 375 g/mol. The summed E-state index contributed by atoms with van der Waals surface area (Å²) in [7, 11) is 4.09. The Bertz CT molecular complexity index is 433. The first-order chi connectivity index (χ1) is 9.31. The van der Waals surface area contributed by atoms with Gasteiger partial charge >= 0.3 is 0 Å². The van der Waals surface area contributed by atoms with Crippen molar-refractivity contribution in [3.8, 4) is 0 Å². The second-order valence-corrected chi connectivity index (χ2v) is 6.13. The smallest absolute Gasteiger partial charge is 0.191 e. The lowest BCUT2D eigenvalue weighted by Gasteiger charge is -2.23. The Morgan fingerprint density at radius 2 is 1.71 bits per heavy atom. The summed E-state index contributed by atoms with van der Waals surface area (Å²) < 4.78 is 0. The first-order valence-corrected chi connectivity index (χ1v) is 7.14. The minimum Gasteiger partial charge on any atom is -0.378 e. The van der Waals surface area contributed by atoms with Crippen LogP contribution in [0.2, 0.25) is 0 Å². The fraction of sp³-hybridized carbons (Fsp3) is 0.562. The van der Waals surface area contributed by atoms with Gasteiger partial charge in [-0.25, -0.2) is 4.99 Å². The maximum Gasteiger partial charge on any atom is 0.191 e. The summed E-state index contributed by atoms with van der Waals surface area (Å²) in [4.78, 5) is 6.72. The molecule has 0 aliphatic carbocycles. The van der Waals surface area contributed by atoms with Gasteiger partial charge in [0, 0.05) is 31.9 Å². The van der Waals surface area contributed by atoms with E-state index in [1.54, 1.807) is 0 Å². The van der Waals surface area contributed by atoms with Gasteiger partial charge in [0.15, 0.2) is 5.96 Å². The highest BCUT2D eigenvalue weighted by Crippen LogP contribution is 2.12. The SMILES string of the molecule is CCNC(=NCc1ccc(N(C)C)cc1)NC(C)(C)C.I. The zero-order chi connectivity index (χ0) is 15.2. The molecular formula is C16H29IN4. The third kappa shape index (κ3) is 8.14. The van der Waals surface area contributed by atoms with E-state index in [9.17, 15) is 0 Å². The Morgan fingerprint density at radius 1 is 1.14 bits per heavy atom. The third-order valence-corrected chi connectivity index (χ3v) is 2.71. The van der Waals surface area contributed by atoms with E-state index < -0.39 is 0 Å². The molecule has 0 amide bonds. The maximum atomic E-state index is 4.62. The molecule has 0 saturated carbocycles. The lowest BCUT2D eigenvalue weighted by atomic mass is 10.1. The average molecular weight is 404 g/mol. The molecule has 21 heavy (non-hydrogen) atoms. The molecule has 1 aromatic carbocycles. The minimum absolute atomic E-state index is 0. The molecule has 1 aromatic rings. The molecule has 2 N–H and O–H groups in total. The van der Waals surface area contributed by atoms with Crippen LogP contribution in [0.25, 0.3) is 0 Å². The van der Waals surface area contributed by atoms with E-state index in [0.29, 0.717) is 6.54 Å². The number of halogens is 1. The van der Waals surface area contributed by atoms with Gasteiger partial charge in [0.25, 0.3) is 0 Å². The molecule has 0 radical (unpaired) electrons. The largest absolute Gasteiger partial charge is 0.378 e. The third-order valence-electron chi connectivity index (χ3n) is 2.71. The molecule has 0 aromatic heterocycles. The van der Waals surface area contributed by atoms with Crippen LogP contribution in [0.15, 0.2) is 29.3 Å². The van der Waals surface area contributed by atoms with Crippen molar-refractivity contribution in [2.45, 2.75) is 39.8 Å². The Balaban J connectivity index is 0.00000400. The highest BCUT2D eigenvalue weighted by molar-refractivity contribution is 14.0. The van der Waals surface area contributed by atoms with Crippen LogP contribution in [0, 0.1) is 0 Å². The summed E-state index contributed by atoms with van der Waals surface area (Å²) in [5.41, 5.74) is 2.43. The molecule has 5 heteroatoms. The predicted octanol–water partition coefficient (Wildman–Crippen LogP) is 3.22. The molecule has 0 aliphatic rings. The molecule has 0 heterocycles. The number of hydrogen-bond donors (Lipinski definition) is 2. The average Bonchev–Trinajstić information content (AvgIpc) is 2.35. The molecule has 120 valence electrons. The fourth-order valence-corrected chi connectivity index (χ4v) is 1.73. The number of anilines is 1. The van der Waals surface area contributed by atoms with E-state index in [-0.39, 0.29) is 29.5 Å². The molecule has 0 bridgehead atoms. The summed E-state index contributed by atoms with van der Waals surface area (Å²) in [5.74, 6) is 0.858. The lowest BCUT2D eigenvalue weighted by Crippen LogP contribution is -2.47. The van der Waals surface area contributed by atoms with Crippen molar-refractivity contribution in [2.75, 3.05) is 25.5 Å². The lowest BCUT2D eigenvalue weighted by molar-refractivity contribution is 0.501. The number of nitrogens with one attached hydrogen (secondary N) is 2. The summed E-state index contributed by atoms with van der Waals surface area (Å²) in [5, 5.41) is 6.66. The number of rotatable bonds is 4. The van der Waals surface area contributed by atoms with Crippen LogP contribution >= 0.6 is 24.0 Å². The second kappa shape index (κ2) is 9.12. The minimum atomic E-state index is 0. The predicted molar refractivity (Wildman–Crippen MR) is 104 cm³/mol. The molecule has 4 nitrogen and oxygen atoms in total. The maximum absolute atomic E-state index is 4.62. The van der Waals surface area contributed by atoms with Crippen LogP contribution in [-0.4, -0.2) is 32.1 Å². The number of nitrogens with zero attached hydrogens (tertiary/aromatic N) is 2. The van der Waals surface area contributed by atoms with Gasteiger partial charge in [0.1, 0.15) is 0 Å². The number of hydrogen-bond acceptors (Lipinski definition) is 2. The van der Waals surface area contributed by atoms with Crippen LogP contribution in [0.5, 0.6) is 0 Å². The Kier molecular flexibility index (Phi) is 8.70. The summed E-state index contributed by atoms with van der Waals surface area (Å²) >= 11 is 0. The number of aliphatic imine (C=N–C) groups is 1. The Labute approximate surface area is 146 Å². The molecule has 0 spiro atoms. The van der Waals surface area contributed by atoms with Crippen molar-refractivity contribution in [1.29, 1.82) is 0 Å². The van der Waals surface area contributed by atoms with E-state index in [1.165, 1.54) is 11.3 Å². The van der Waals surface area contributed by atoms with E-state index in [0.717, 1.165) is 12.5 Å². The van der Waals surface area contributed by atoms with Crippen LogP contribution in [0.4, 0.5) is 5.69 Å². The topological polar surface area (TPSA) is 39.7 Å². The van der Waals surface area contributed by atoms with E-state index in [1.807, 2.05) is 14.1 Å². The molecule has 0 atom stereocenters. The Morgan fingerprint density at radius 3 is 2.14 bits per heavy atom. The van der Waals surface area contributed by atoms with Crippen LogP contribution in [0.1, 0.15) is 33.3 Å². The van der Waals surface area contributed by atoms with Gasteiger partial charge in [-0.2, -0.15) is 0 Å². The standard InChI is InChI=1S/C16H28N4.HI/c1-7-17-15(19-16(2,3)4)18-12-13-8-10-14(11-9-13)20(5)6;/h8-11H,7,12H2,1-6H3,(H2,17,18,19);1H. The van der Waals surface area contributed by atoms with Crippen LogP contribution in [-0.2, 0) is 6.54 Å². The monoisotopic (exact) mass is 404 g/mol. The first-order valence-electron chi connectivity index (χ1n) is 7.14. The van der Waals surface area contributed by atoms with Gasteiger partial charge in [-0.3, -0.25) is 0 Å². The second-order valence-electron chi connectivity index (χ2n) is 6.13. The Hall–Kier alpha value is -0.980. The zero-order valence-electron chi connectivity index (χ0n) is 14.0. The van der Waals surface area contributed by atoms with E-state index in [2.05, 4.69) is 72.5 Å². The number of benzene rings is 1. The van der Waals surface area contributed by atoms with Gasteiger partial charge in [-0.05, 0) is 45.4 Å². The van der Waals surface area contributed by atoms with Gasteiger partial charge in [0.05, 0.1) is 6.54 Å². The molecule has 1 rings (SSSR count). The zero-order valence-corrected chi connectivity index (χ0v) is 16.4. The van der Waals surface area contributed by atoms with Gasteiger partial charge in [0.2, 0.25) is 0 Å². The van der Waals surface area contributed by atoms with Gasteiger partial charge in [-0.15, -0.1) is 24.0 Å². The van der Waals surface area contributed by atoms with Crippen LogP contribution in [0.3, 0.4) is 0 Å². The quantitative estimate of drug-likeness (QED) is 0.460. The fourth-order valence-electron chi connectivity index (χ4n) is 1.73. The molecule has 0 saturated heterocycles. The molecule has 0 unspecified atom stereocenters. The van der Waals surface area contributed by atoms with Crippen molar-refractivity contribution < 1.29 is 0 Å². The first kappa shape index (κ1) is 20.0. The van der Waals surface area contributed by atoms with Crippen molar-refractivity contribution in [2.24, 2.45) is 4.99 Å². The van der Waals surface area contributed by atoms with Gasteiger partial charge < -0.3 is 15.5 Å². The molecule has 0 aliphatic heterocycles. The van der Waals surface area contributed by atoms with E-state index in [4.69, 9.17) is 0 Å². The van der Waals surface area contributed by atoms with Crippen molar-refractivity contribution in [1.82, 2.24) is 10.6 Å². The van der Waals surface area contributed by atoms with Crippen LogP contribution < -0.4 is 15.5 Å². The molecule has 0 fully saturated rings. The number of guanidine groups is 1. The highest BCUT2D eigenvalue weighted by Gasteiger charge is 2.11. The van der Waals surface area contributed by atoms with Crippen molar-refractivity contribution >= 4 is 35.6 Å². The highest BCUT2D eigenvalue weighted by atomic mass is 127. The summed E-state index contributed by atoms with van der Waals surface area (Å²) in [6.07, 6.45) is 0. The van der Waals surface area contributed by atoms with Crippen molar-refractivity contribution in [3.63, 3.8) is 0 Å². The van der Waals surface area contributed by atoms with Crippen molar-refractivity contribution in [3.05, 3.63) is 29.8 Å². The summed E-state index contributed by atoms with van der Waals surface area (Å²) in [6.45, 7) is 10.0.